The third-order valence-corrected chi connectivity index (χ3v) is 5.40. The Balaban J connectivity index is 1.78. The second-order valence-corrected chi connectivity index (χ2v) is 7.42. The summed E-state index contributed by atoms with van der Waals surface area (Å²) in [6.45, 7) is 3.93. The zero-order chi connectivity index (χ0) is 19.4. The fraction of sp³-hybridized carbons (Fsp3) is 0.222. The maximum Gasteiger partial charge on any atom is 0.341 e. The molecule has 1 amide bonds. The van der Waals surface area contributed by atoms with Gasteiger partial charge in [-0.25, -0.2) is 9.78 Å². The molecular weight excluding hydrogens is 386 g/mol. The Morgan fingerprint density at radius 3 is 2.70 bits per heavy atom. The van der Waals surface area contributed by atoms with Gasteiger partial charge in [-0.3, -0.25) is 9.69 Å². The van der Waals surface area contributed by atoms with Crippen molar-refractivity contribution in [3.8, 4) is 5.75 Å². The lowest BCUT2D eigenvalue weighted by Crippen LogP contribution is -2.28. The Bertz CT molecular complexity index is 919. The zero-order valence-electron chi connectivity index (χ0n) is 14.7. The van der Waals surface area contributed by atoms with Crippen molar-refractivity contribution in [2.45, 2.75) is 13.8 Å². The van der Waals surface area contributed by atoms with Crippen LogP contribution in [0.25, 0.3) is 6.08 Å². The molecule has 0 saturated carbocycles. The predicted molar refractivity (Wildman–Crippen MR) is 106 cm³/mol. The van der Waals surface area contributed by atoms with E-state index < -0.39 is 12.6 Å². The molecule has 1 aromatic heterocycles. The number of benzene rings is 1. The highest BCUT2D eigenvalue weighted by Gasteiger charge is 2.32. The van der Waals surface area contributed by atoms with Gasteiger partial charge in [0.25, 0.3) is 5.91 Å². The molecule has 1 aliphatic rings. The fourth-order valence-electron chi connectivity index (χ4n) is 2.30. The number of carboxylic acids is 1. The highest BCUT2D eigenvalue weighted by molar-refractivity contribution is 8.18. The highest BCUT2D eigenvalue weighted by atomic mass is 32.2. The molecule has 1 aromatic carbocycles. The normalized spacial score (nSPS) is 17.1. The SMILES string of the molecule is CCN1C(=O)/C(=C\c2ccc(OCC(=O)O)cc2)S/C1=N/c1nc(C)cs1. The first-order valence-electron chi connectivity index (χ1n) is 8.13. The van der Waals surface area contributed by atoms with Crippen LogP contribution >= 0.6 is 23.1 Å². The van der Waals surface area contributed by atoms with Gasteiger partial charge in [0.15, 0.2) is 11.8 Å². The van der Waals surface area contributed by atoms with E-state index in [0.717, 1.165) is 11.3 Å². The summed E-state index contributed by atoms with van der Waals surface area (Å²) in [4.78, 5) is 34.2. The minimum absolute atomic E-state index is 0.0965. The molecule has 0 aliphatic carbocycles. The van der Waals surface area contributed by atoms with Gasteiger partial charge in [-0.05, 0) is 49.4 Å². The van der Waals surface area contributed by atoms with Crippen molar-refractivity contribution in [3.05, 3.63) is 45.8 Å². The number of amidine groups is 1. The van der Waals surface area contributed by atoms with Crippen LogP contribution in [0.3, 0.4) is 0 Å². The van der Waals surface area contributed by atoms with Gasteiger partial charge in [0.2, 0.25) is 5.13 Å². The molecule has 0 unspecified atom stereocenters. The van der Waals surface area contributed by atoms with Crippen molar-refractivity contribution in [3.63, 3.8) is 0 Å². The molecule has 1 N–H and O–H groups in total. The number of hydrogen-bond donors (Lipinski definition) is 1. The minimum Gasteiger partial charge on any atom is -0.482 e. The number of aliphatic imine (C=N–C) groups is 1. The summed E-state index contributed by atoms with van der Waals surface area (Å²) in [5.41, 5.74) is 1.72. The molecule has 3 rings (SSSR count). The van der Waals surface area contributed by atoms with E-state index in [9.17, 15) is 9.59 Å². The quantitative estimate of drug-likeness (QED) is 0.742. The van der Waals surface area contributed by atoms with Crippen molar-refractivity contribution in [1.82, 2.24) is 9.88 Å². The lowest BCUT2D eigenvalue weighted by Gasteiger charge is -2.11. The van der Waals surface area contributed by atoms with E-state index in [1.807, 2.05) is 19.2 Å². The van der Waals surface area contributed by atoms with Crippen LogP contribution in [0.5, 0.6) is 5.75 Å². The highest BCUT2D eigenvalue weighted by Crippen LogP contribution is 2.34. The number of aromatic nitrogens is 1. The average Bonchev–Trinajstić information content (AvgIpc) is 3.17. The molecule has 140 valence electrons. The van der Waals surface area contributed by atoms with Gasteiger partial charge < -0.3 is 9.84 Å². The number of thiazole rings is 1. The molecule has 7 nitrogen and oxygen atoms in total. The van der Waals surface area contributed by atoms with E-state index in [4.69, 9.17) is 9.84 Å². The largest absolute Gasteiger partial charge is 0.482 e. The Kier molecular flexibility index (Phi) is 5.92. The Hall–Kier alpha value is -2.65. The smallest absolute Gasteiger partial charge is 0.341 e. The molecule has 2 heterocycles. The summed E-state index contributed by atoms with van der Waals surface area (Å²) in [7, 11) is 0. The molecule has 1 aliphatic heterocycles. The first-order chi connectivity index (χ1) is 13.0. The van der Waals surface area contributed by atoms with Crippen LogP contribution in [0.15, 0.2) is 39.5 Å². The predicted octanol–water partition coefficient (Wildman–Crippen LogP) is 3.54. The van der Waals surface area contributed by atoms with Crippen LogP contribution in [-0.4, -0.2) is 45.2 Å². The Labute approximate surface area is 164 Å². The van der Waals surface area contributed by atoms with E-state index in [1.54, 1.807) is 35.2 Å². The summed E-state index contributed by atoms with van der Waals surface area (Å²) in [5.74, 6) is -0.668. The Morgan fingerprint density at radius 2 is 2.11 bits per heavy atom. The number of hydrogen-bond acceptors (Lipinski definition) is 7. The second-order valence-electron chi connectivity index (χ2n) is 5.58. The number of ether oxygens (including phenoxy) is 1. The van der Waals surface area contributed by atoms with Gasteiger partial charge in [-0.15, -0.1) is 11.3 Å². The first kappa shape index (κ1) is 19.1. The standard InChI is InChI=1S/C18H17N3O4S2/c1-3-21-16(24)14(27-18(21)20-17-19-11(2)10-26-17)8-12-4-6-13(7-5-12)25-9-15(22)23/h4-8,10H,3,9H2,1-2H3,(H,22,23)/b14-8+,20-18+. The summed E-state index contributed by atoms with van der Waals surface area (Å²) < 4.78 is 5.11. The molecule has 0 atom stereocenters. The lowest BCUT2D eigenvalue weighted by atomic mass is 10.2. The van der Waals surface area contributed by atoms with Crippen LogP contribution in [0.4, 0.5) is 5.13 Å². The van der Waals surface area contributed by atoms with Crippen LogP contribution in [0.2, 0.25) is 0 Å². The summed E-state index contributed by atoms with van der Waals surface area (Å²) >= 11 is 2.75. The maximum absolute atomic E-state index is 12.6. The zero-order valence-corrected chi connectivity index (χ0v) is 16.3. The lowest BCUT2D eigenvalue weighted by molar-refractivity contribution is -0.139. The number of carboxylic acid groups (broad SMARTS) is 1. The molecule has 2 aromatic rings. The molecule has 1 saturated heterocycles. The van der Waals surface area contributed by atoms with E-state index in [1.165, 1.54) is 23.1 Å². The molecule has 0 spiro atoms. The minimum atomic E-state index is -1.03. The number of aryl methyl sites for hydroxylation is 1. The van der Waals surface area contributed by atoms with E-state index >= 15 is 0 Å². The molecule has 27 heavy (non-hydrogen) atoms. The van der Waals surface area contributed by atoms with Crippen molar-refractivity contribution >= 4 is 51.4 Å². The molecule has 0 bridgehead atoms. The monoisotopic (exact) mass is 403 g/mol. The summed E-state index contributed by atoms with van der Waals surface area (Å²) in [5, 5.41) is 11.8. The first-order valence-corrected chi connectivity index (χ1v) is 9.82. The number of nitrogens with zero attached hydrogens (tertiary/aromatic N) is 3. The molecule has 1 fully saturated rings. The topological polar surface area (TPSA) is 92.1 Å². The van der Waals surface area contributed by atoms with Gasteiger partial charge in [-0.2, -0.15) is 4.99 Å². The third-order valence-electron chi connectivity index (χ3n) is 3.54. The van der Waals surface area contributed by atoms with Gasteiger partial charge in [0.1, 0.15) is 5.75 Å². The molecule has 9 heteroatoms. The van der Waals surface area contributed by atoms with E-state index in [-0.39, 0.29) is 5.91 Å². The van der Waals surface area contributed by atoms with E-state index in [2.05, 4.69) is 9.98 Å². The van der Waals surface area contributed by atoms with Gasteiger partial charge in [0.05, 0.1) is 10.6 Å². The van der Waals surface area contributed by atoms with Crippen molar-refractivity contribution in [1.29, 1.82) is 0 Å². The van der Waals surface area contributed by atoms with E-state index in [0.29, 0.717) is 27.5 Å². The Morgan fingerprint density at radius 1 is 1.37 bits per heavy atom. The number of carbonyl (C=O) groups excluding carboxylic acids is 1. The molecular formula is C18H17N3O4S2. The van der Waals surface area contributed by atoms with Gasteiger partial charge in [0, 0.05) is 11.9 Å². The number of carbonyl (C=O) groups is 2. The van der Waals surface area contributed by atoms with Crippen LogP contribution in [0, 0.1) is 6.92 Å². The average molecular weight is 403 g/mol. The third kappa shape index (κ3) is 4.75. The summed E-state index contributed by atoms with van der Waals surface area (Å²) in [6, 6.07) is 6.88. The number of likely N-dealkylation sites (N-methyl/N-ethyl adjacent to an activating group) is 1. The van der Waals surface area contributed by atoms with Gasteiger partial charge >= 0.3 is 5.97 Å². The second kappa shape index (κ2) is 8.36. The van der Waals surface area contributed by atoms with Crippen LogP contribution < -0.4 is 4.74 Å². The van der Waals surface area contributed by atoms with Crippen molar-refractivity contribution in [2.24, 2.45) is 4.99 Å². The van der Waals surface area contributed by atoms with Crippen molar-refractivity contribution in [2.75, 3.05) is 13.2 Å². The molecule has 0 radical (unpaired) electrons. The number of thioether (sulfide) groups is 1. The number of aliphatic carboxylic acids is 1. The summed E-state index contributed by atoms with van der Waals surface area (Å²) in [6.07, 6.45) is 1.78. The van der Waals surface area contributed by atoms with Crippen molar-refractivity contribution < 1.29 is 19.4 Å². The fourth-order valence-corrected chi connectivity index (χ4v) is 4.07. The van der Waals surface area contributed by atoms with Crippen LogP contribution in [0.1, 0.15) is 18.2 Å². The number of amides is 1. The number of rotatable bonds is 6. The maximum atomic E-state index is 12.6. The van der Waals surface area contributed by atoms with Crippen LogP contribution in [-0.2, 0) is 9.59 Å². The van der Waals surface area contributed by atoms with Gasteiger partial charge in [-0.1, -0.05) is 12.1 Å².